The summed E-state index contributed by atoms with van der Waals surface area (Å²) in [5.41, 5.74) is 8.73. The van der Waals surface area contributed by atoms with Gasteiger partial charge in [-0.2, -0.15) is 0 Å². The van der Waals surface area contributed by atoms with Crippen molar-refractivity contribution in [1.29, 1.82) is 0 Å². The Kier molecular flexibility index (Phi) is 2.78. The SMILES string of the molecule is NCCc1cncn1-c1cnc2ccccc2c1. The van der Waals surface area contributed by atoms with Crippen LogP contribution in [0.3, 0.4) is 0 Å². The molecule has 2 aromatic heterocycles. The van der Waals surface area contributed by atoms with Crippen LogP contribution in [0.4, 0.5) is 0 Å². The lowest BCUT2D eigenvalue weighted by Crippen LogP contribution is -2.07. The molecule has 18 heavy (non-hydrogen) atoms. The minimum Gasteiger partial charge on any atom is -0.330 e. The van der Waals surface area contributed by atoms with Crippen molar-refractivity contribution in [3.05, 3.63) is 54.7 Å². The summed E-state index contributed by atoms with van der Waals surface area (Å²) < 4.78 is 2.03. The molecular weight excluding hydrogens is 224 g/mol. The van der Waals surface area contributed by atoms with Gasteiger partial charge >= 0.3 is 0 Å². The molecule has 0 saturated carbocycles. The lowest BCUT2D eigenvalue weighted by atomic mass is 10.2. The van der Waals surface area contributed by atoms with Gasteiger partial charge in [-0.25, -0.2) is 4.98 Å². The lowest BCUT2D eigenvalue weighted by Gasteiger charge is -2.07. The molecule has 0 spiro atoms. The second-order valence-electron chi connectivity index (χ2n) is 4.18. The van der Waals surface area contributed by atoms with E-state index in [-0.39, 0.29) is 0 Å². The van der Waals surface area contributed by atoms with Crippen LogP contribution in [0, 0.1) is 0 Å². The van der Waals surface area contributed by atoms with Crippen molar-refractivity contribution in [2.24, 2.45) is 5.73 Å². The van der Waals surface area contributed by atoms with Crippen LogP contribution in [-0.2, 0) is 6.42 Å². The van der Waals surface area contributed by atoms with Gasteiger partial charge in [-0.15, -0.1) is 0 Å². The van der Waals surface area contributed by atoms with E-state index in [1.165, 1.54) is 0 Å². The second kappa shape index (κ2) is 4.58. The minimum atomic E-state index is 0.618. The molecule has 0 aliphatic rings. The average Bonchev–Trinajstić information content (AvgIpc) is 2.87. The van der Waals surface area contributed by atoms with E-state index in [0.717, 1.165) is 28.7 Å². The fraction of sp³-hybridized carbons (Fsp3) is 0.143. The first-order chi connectivity index (χ1) is 8.88. The molecule has 0 atom stereocenters. The van der Waals surface area contributed by atoms with Gasteiger partial charge in [0.25, 0.3) is 0 Å². The summed E-state index contributed by atoms with van der Waals surface area (Å²) in [6.45, 7) is 0.618. The number of nitrogens with two attached hydrogens (primary N) is 1. The van der Waals surface area contributed by atoms with Crippen LogP contribution >= 0.6 is 0 Å². The summed E-state index contributed by atoms with van der Waals surface area (Å²) >= 11 is 0. The molecular formula is C14H14N4. The molecule has 0 radical (unpaired) electrons. The second-order valence-corrected chi connectivity index (χ2v) is 4.18. The summed E-state index contributed by atoms with van der Waals surface area (Å²) in [5, 5.41) is 1.13. The Labute approximate surface area is 105 Å². The first-order valence-electron chi connectivity index (χ1n) is 5.95. The van der Waals surface area contributed by atoms with E-state index in [4.69, 9.17) is 5.73 Å². The molecule has 0 aliphatic heterocycles. The minimum absolute atomic E-state index is 0.618. The molecule has 0 bridgehead atoms. The molecule has 4 nitrogen and oxygen atoms in total. The summed E-state index contributed by atoms with van der Waals surface area (Å²) in [6.07, 6.45) is 6.33. The molecule has 0 saturated heterocycles. The van der Waals surface area contributed by atoms with Crippen molar-refractivity contribution in [3.8, 4) is 5.69 Å². The van der Waals surface area contributed by atoms with E-state index < -0.39 is 0 Å². The monoisotopic (exact) mass is 238 g/mol. The third-order valence-electron chi connectivity index (χ3n) is 2.97. The van der Waals surface area contributed by atoms with Crippen molar-refractivity contribution >= 4 is 10.9 Å². The molecule has 4 heteroatoms. The van der Waals surface area contributed by atoms with Crippen molar-refractivity contribution in [2.45, 2.75) is 6.42 Å². The molecule has 2 heterocycles. The maximum Gasteiger partial charge on any atom is 0.0994 e. The maximum absolute atomic E-state index is 5.60. The van der Waals surface area contributed by atoms with Gasteiger partial charge in [0.05, 0.1) is 23.7 Å². The van der Waals surface area contributed by atoms with Gasteiger partial charge in [-0.3, -0.25) is 4.98 Å². The molecule has 0 amide bonds. The van der Waals surface area contributed by atoms with Gasteiger partial charge in [0.1, 0.15) is 0 Å². The van der Waals surface area contributed by atoms with Crippen LogP contribution in [0.5, 0.6) is 0 Å². The number of rotatable bonds is 3. The van der Waals surface area contributed by atoms with Crippen LogP contribution in [-0.4, -0.2) is 21.1 Å². The van der Waals surface area contributed by atoms with Crippen molar-refractivity contribution in [1.82, 2.24) is 14.5 Å². The zero-order valence-electron chi connectivity index (χ0n) is 9.95. The molecule has 0 unspecified atom stereocenters. The highest BCUT2D eigenvalue weighted by Crippen LogP contribution is 2.17. The molecule has 90 valence electrons. The highest BCUT2D eigenvalue weighted by Gasteiger charge is 2.04. The first kappa shape index (κ1) is 10.9. The van der Waals surface area contributed by atoms with Crippen LogP contribution in [0.1, 0.15) is 5.69 Å². The van der Waals surface area contributed by atoms with Gasteiger partial charge in [0.15, 0.2) is 0 Å². The molecule has 3 rings (SSSR count). The summed E-state index contributed by atoms with van der Waals surface area (Å²) in [6, 6.07) is 10.2. The normalized spacial score (nSPS) is 10.9. The third-order valence-corrected chi connectivity index (χ3v) is 2.97. The highest BCUT2D eigenvalue weighted by atomic mass is 15.1. The Morgan fingerprint density at radius 2 is 2.06 bits per heavy atom. The topological polar surface area (TPSA) is 56.7 Å². The fourth-order valence-corrected chi connectivity index (χ4v) is 2.08. The van der Waals surface area contributed by atoms with E-state index in [0.29, 0.717) is 6.54 Å². The number of imidazole rings is 1. The number of aromatic nitrogens is 3. The van der Waals surface area contributed by atoms with E-state index in [1.54, 1.807) is 6.33 Å². The number of benzene rings is 1. The Bertz CT molecular complexity index is 672. The predicted molar refractivity (Wildman–Crippen MR) is 71.6 cm³/mol. The summed E-state index contributed by atoms with van der Waals surface area (Å²) in [5.74, 6) is 0. The van der Waals surface area contributed by atoms with Crippen LogP contribution in [0.25, 0.3) is 16.6 Å². The van der Waals surface area contributed by atoms with Crippen LogP contribution < -0.4 is 5.73 Å². The van der Waals surface area contributed by atoms with E-state index >= 15 is 0 Å². The van der Waals surface area contributed by atoms with Crippen molar-refractivity contribution < 1.29 is 0 Å². The number of nitrogens with zero attached hydrogens (tertiary/aromatic N) is 3. The lowest BCUT2D eigenvalue weighted by molar-refractivity contribution is 0.872. The number of fused-ring (bicyclic) bond motifs is 1. The quantitative estimate of drug-likeness (QED) is 0.758. The van der Waals surface area contributed by atoms with Crippen molar-refractivity contribution in [3.63, 3.8) is 0 Å². The zero-order valence-corrected chi connectivity index (χ0v) is 9.95. The zero-order chi connectivity index (χ0) is 12.4. The Morgan fingerprint density at radius 1 is 1.17 bits per heavy atom. The van der Waals surface area contributed by atoms with Gasteiger partial charge in [-0.1, -0.05) is 18.2 Å². The molecule has 3 aromatic rings. The number of para-hydroxylation sites is 1. The molecule has 1 aromatic carbocycles. The third kappa shape index (κ3) is 1.87. The highest BCUT2D eigenvalue weighted by molar-refractivity contribution is 5.80. The van der Waals surface area contributed by atoms with Crippen molar-refractivity contribution in [2.75, 3.05) is 6.54 Å². The van der Waals surface area contributed by atoms with E-state index in [2.05, 4.69) is 22.1 Å². The smallest absolute Gasteiger partial charge is 0.0994 e. The first-order valence-corrected chi connectivity index (χ1v) is 5.95. The van der Waals surface area contributed by atoms with Crippen LogP contribution in [0.2, 0.25) is 0 Å². The Hall–Kier alpha value is -2.20. The average molecular weight is 238 g/mol. The van der Waals surface area contributed by atoms with E-state index in [9.17, 15) is 0 Å². The van der Waals surface area contributed by atoms with E-state index in [1.807, 2.05) is 35.2 Å². The van der Waals surface area contributed by atoms with Gasteiger partial charge < -0.3 is 10.3 Å². The fourth-order valence-electron chi connectivity index (χ4n) is 2.08. The number of pyridine rings is 1. The molecule has 0 aliphatic carbocycles. The van der Waals surface area contributed by atoms with Gasteiger partial charge in [0, 0.05) is 23.7 Å². The number of hydrogen-bond donors (Lipinski definition) is 1. The standard InChI is InChI=1S/C14H14N4/c15-6-5-12-8-16-10-18(12)13-7-11-3-1-2-4-14(11)17-9-13/h1-4,7-10H,5-6,15H2. The Morgan fingerprint density at radius 3 is 2.94 bits per heavy atom. The maximum atomic E-state index is 5.60. The summed E-state index contributed by atoms with van der Waals surface area (Å²) in [4.78, 5) is 8.64. The summed E-state index contributed by atoms with van der Waals surface area (Å²) in [7, 11) is 0. The van der Waals surface area contributed by atoms with Gasteiger partial charge in [-0.05, 0) is 18.7 Å². The largest absolute Gasteiger partial charge is 0.330 e. The Balaban J connectivity index is 2.10. The predicted octanol–water partition coefficient (Wildman–Crippen LogP) is 1.92. The van der Waals surface area contributed by atoms with Gasteiger partial charge in [0.2, 0.25) is 0 Å². The molecule has 2 N–H and O–H groups in total. The molecule has 0 fully saturated rings. The van der Waals surface area contributed by atoms with Crippen LogP contribution in [0.15, 0.2) is 49.1 Å². The number of hydrogen-bond acceptors (Lipinski definition) is 3.